The maximum Gasteiger partial charge on any atom is 0.242 e. The molecule has 26 heavy (non-hydrogen) atoms. The molecule has 138 valence electrons. The molecule has 0 N–H and O–H groups in total. The van der Waals surface area contributed by atoms with Crippen molar-refractivity contribution in [1.82, 2.24) is 9.47 Å². The highest BCUT2D eigenvalue weighted by atomic mass is 32.2. The van der Waals surface area contributed by atoms with Gasteiger partial charge in [-0.15, -0.1) is 0 Å². The number of benzene rings is 1. The first-order valence-electron chi connectivity index (χ1n) is 8.42. The molecule has 1 fully saturated rings. The van der Waals surface area contributed by atoms with Gasteiger partial charge in [-0.1, -0.05) is 18.2 Å². The highest BCUT2D eigenvalue weighted by Crippen LogP contribution is 2.26. The van der Waals surface area contributed by atoms with Gasteiger partial charge in [0.05, 0.1) is 23.2 Å². The summed E-state index contributed by atoms with van der Waals surface area (Å²) in [5.41, 5.74) is 0.659. The number of carbonyl (C=O) groups excluding carboxylic acids is 1. The second-order valence-corrected chi connectivity index (χ2v) is 8.57. The summed E-state index contributed by atoms with van der Waals surface area (Å²) < 4.78 is 32.1. The molecular formula is C18H21N3O4S. The number of hydrogen-bond donors (Lipinski definition) is 0. The third kappa shape index (κ3) is 3.59. The van der Waals surface area contributed by atoms with Crippen molar-refractivity contribution in [2.75, 3.05) is 18.8 Å². The SMILES string of the molecule is C[C@@H]1CN(C(=O)Cn2cc(S(=O)(=O)CC#N)c3ccccc32)C[C@H](C)O1. The molecule has 2 heterocycles. The van der Waals surface area contributed by atoms with E-state index in [0.29, 0.717) is 24.0 Å². The summed E-state index contributed by atoms with van der Waals surface area (Å²) in [6.07, 6.45) is 1.40. The third-order valence-corrected chi connectivity index (χ3v) is 5.92. The lowest BCUT2D eigenvalue weighted by atomic mass is 10.2. The summed E-state index contributed by atoms with van der Waals surface area (Å²) in [5.74, 6) is -0.676. The molecule has 0 spiro atoms. The average molecular weight is 375 g/mol. The number of morpholine rings is 1. The van der Waals surface area contributed by atoms with Crippen LogP contribution in [0.3, 0.4) is 0 Å². The van der Waals surface area contributed by atoms with E-state index in [4.69, 9.17) is 10.00 Å². The molecule has 0 aliphatic carbocycles. The summed E-state index contributed by atoms with van der Waals surface area (Å²) in [5, 5.41) is 9.33. The molecule has 1 aromatic carbocycles. The quantitative estimate of drug-likeness (QED) is 0.809. The van der Waals surface area contributed by atoms with Gasteiger partial charge in [0.25, 0.3) is 0 Å². The van der Waals surface area contributed by atoms with Crippen LogP contribution in [0.2, 0.25) is 0 Å². The summed E-state index contributed by atoms with van der Waals surface area (Å²) >= 11 is 0. The van der Waals surface area contributed by atoms with E-state index in [1.807, 2.05) is 13.8 Å². The van der Waals surface area contributed by atoms with E-state index in [9.17, 15) is 13.2 Å². The Labute approximate surface area is 152 Å². The Morgan fingerprint density at radius 3 is 2.58 bits per heavy atom. The first-order chi connectivity index (χ1) is 12.3. The van der Waals surface area contributed by atoms with Crippen LogP contribution < -0.4 is 0 Å². The molecule has 2 aromatic rings. The third-order valence-electron chi connectivity index (χ3n) is 4.42. The van der Waals surface area contributed by atoms with E-state index < -0.39 is 15.6 Å². The van der Waals surface area contributed by atoms with Crippen molar-refractivity contribution in [2.45, 2.75) is 37.5 Å². The number of fused-ring (bicyclic) bond motifs is 1. The predicted octanol–water partition coefficient (Wildman–Crippen LogP) is 1.57. The molecule has 0 radical (unpaired) electrons. The first kappa shape index (κ1) is 18.4. The van der Waals surface area contributed by atoms with Gasteiger partial charge in [-0.2, -0.15) is 5.26 Å². The van der Waals surface area contributed by atoms with E-state index in [0.717, 1.165) is 0 Å². The summed E-state index contributed by atoms with van der Waals surface area (Å²) in [4.78, 5) is 14.6. The highest BCUT2D eigenvalue weighted by molar-refractivity contribution is 7.91. The van der Waals surface area contributed by atoms with Crippen LogP contribution in [0.5, 0.6) is 0 Å². The highest BCUT2D eigenvalue weighted by Gasteiger charge is 2.27. The van der Waals surface area contributed by atoms with Crippen LogP contribution in [-0.4, -0.2) is 54.8 Å². The molecule has 0 unspecified atom stereocenters. The van der Waals surface area contributed by atoms with Crippen LogP contribution >= 0.6 is 0 Å². The monoisotopic (exact) mass is 375 g/mol. The Morgan fingerprint density at radius 1 is 1.27 bits per heavy atom. The lowest BCUT2D eigenvalue weighted by molar-refractivity contribution is -0.143. The Balaban J connectivity index is 1.94. The Kier molecular flexibility index (Phi) is 5.03. The molecule has 1 aromatic heterocycles. The minimum absolute atomic E-state index is 0.0318. The lowest BCUT2D eigenvalue weighted by Crippen LogP contribution is -2.49. The van der Waals surface area contributed by atoms with Crippen molar-refractivity contribution in [3.05, 3.63) is 30.5 Å². The number of sulfone groups is 1. The van der Waals surface area contributed by atoms with Crippen LogP contribution in [0.4, 0.5) is 0 Å². The smallest absolute Gasteiger partial charge is 0.242 e. The van der Waals surface area contributed by atoms with Gasteiger partial charge in [0.2, 0.25) is 5.91 Å². The molecule has 8 heteroatoms. The van der Waals surface area contributed by atoms with Gasteiger partial charge in [-0.3, -0.25) is 4.79 Å². The maximum atomic E-state index is 12.7. The number of carbonyl (C=O) groups is 1. The summed E-state index contributed by atoms with van der Waals surface area (Å²) in [6, 6.07) is 8.70. The minimum atomic E-state index is -3.72. The van der Waals surface area contributed by atoms with Gasteiger partial charge in [-0.25, -0.2) is 8.42 Å². The zero-order valence-electron chi connectivity index (χ0n) is 14.8. The van der Waals surface area contributed by atoms with Crippen molar-refractivity contribution < 1.29 is 17.9 Å². The van der Waals surface area contributed by atoms with Crippen molar-refractivity contribution in [2.24, 2.45) is 0 Å². The topological polar surface area (TPSA) is 92.4 Å². The number of amides is 1. The predicted molar refractivity (Wildman–Crippen MR) is 96.2 cm³/mol. The zero-order chi connectivity index (χ0) is 18.9. The molecule has 1 aliphatic heterocycles. The Bertz CT molecular complexity index is 964. The van der Waals surface area contributed by atoms with Crippen molar-refractivity contribution in [3.63, 3.8) is 0 Å². The summed E-state index contributed by atoms with van der Waals surface area (Å²) in [6.45, 7) is 4.92. The van der Waals surface area contributed by atoms with Crippen LogP contribution in [0.1, 0.15) is 13.8 Å². The largest absolute Gasteiger partial charge is 0.372 e. The average Bonchev–Trinajstić information content (AvgIpc) is 2.94. The number of hydrogen-bond acceptors (Lipinski definition) is 5. The lowest BCUT2D eigenvalue weighted by Gasteiger charge is -2.35. The zero-order valence-corrected chi connectivity index (χ0v) is 15.6. The fraction of sp³-hybridized carbons (Fsp3) is 0.444. The van der Waals surface area contributed by atoms with Crippen LogP contribution in [0.15, 0.2) is 35.4 Å². The molecule has 3 rings (SSSR count). The number of rotatable bonds is 4. The van der Waals surface area contributed by atoms with E-state index in [1.165, 1.54) is 6.20 Å². The number of nitriles is 1. The fourth-order valence-corrected chi connectivity index (χ4v) is 4.50. The molecule has 0 bridgehead atoms. The Hall–Kier alpha value is -2.37. The van der Waals surface area contributed by atoms with Crippen LogP contribution in [0, 0.1) is 11.3 Å². The second kappa shape index (κ2) is 7.09. The maximum absolute atomic E-state index is 12.7. The van der Waals surface area contributed by atoms with Crippen LogP contribution in [0.25, 0.3) is 10.9 Å². The normalized spacial score (nSPS) is 20.9. The van der Waals surface area contributed by atoms with E-state index in [-0.39, 0.29) is 29.6 Å². The Morgan fingerprint density at radius 2 is 1.92 bits per heavy atom. The number of ether oxygens (including phenoxy) is 1. The fourth-order valence-electron chi connectivity index (χ4n) is 3.38. The van der Waals surface area contributed by atoms with Crippen molar-refractivity contribution in [1.29, 1.82) is 5.26 Å². The van der Waals surface area contributed by atoms with Gasteiger partial charge >= 0.3 is 0 Å². The van der Waals surface area contributed by atoms with Gasteiger partial charge in [-0.05, 0) is 19.9 Å². The molecular weight excluding hydrogens is 354 g/mol. The minimum Gasteiger partial charge on any atom is -0.372 e. The second-order valence-electron chi connectivity index (χ2n) is 6.61. The molecule has 2 atom stereocenters. The molecule has 1 amide bonds. The molecule has 1 aliphatic rings. The van der Waals surface area contributed by atoms with Crippen molar-refractivity contribution >= 4 is 26.6 Å². The summed E-state index contributed by atoms with van der Waals surface area (Å²) in [7, 11) is -3.72. The van der Waals surface area contributed by atoms with E-state index >= 15 is 0 Å². The first-order valence-corrected chi connectivity index (χ1v) is 10.1. The van der Waals surface area contributed by atoms with Gasteiger partial charge in [0, 0.05) is 30.2 Å². The van der Waals surface area contributed by atoms with Crippen molar-refractivity contribution in [3.8, 4) is 6.07 Å². The number of para-hydroxylation sites is 1. The van der Waals surface area contributed by atoms with Gasteiger partial charge < -0.3 is 14.2 Å². The van der Waals surface area contributed by atoms with E-state index in [2.05, 4.69) is 0 Å². The van der Waals surface area contributed by atoms with Crippen LogP contribution in [-0.2, 0) is 25.9 Å². The number of aromatic nitrogens is 1. The van der Waals surface area contributed by atoms with Gasteiger partial charge in [0.15, 0.2) is 9.84 Å². The van der Waals surface area contributed by atoms with E-state index in [1.54, 1.807) is 39.8 Å². The number of nitrogens with zero attached hydrogens (tertiary/aromatic N) is 3. The standard InChI is InChI=1S/C18H21N3O4S/c1-13-9-21(10-14(2)25-13)18(22)12-20-11-17(26(23,24)8-7-19)15-5-3-4-6-16(15)20/h3-6,11,13-14H,8-10,12H2,1-2H3/t13-,14+. The van der Waals surface area contributed by atoms with Gasteiger partial charge in [0.1, 0.15) is 12.3 Å². The molecule has 7 nitrogen and oxygen atoms in total. The molecule has 1 saturated heterocycles. The molecule has 0 saturated carbocycles.